The van der Waals surface area contributed by atoms with Gasteiger partial charge in [0.25, 0.3) is 0 Å². The highest BCUT2D eigenvalue weighted by molar-refractivity contribution is 7.89. The molecule has 0 aliphatic heterocycles. The second-order valence-electron chi connectivity index (χ2n) is 9.60. The quantitative estimate of drug-likeness (QED) is 0.138. The summed E-state index contributed by atoms with van der Waals surface area (Å²) in [6, 6.07) is 36.0. The van der Waals surface area contributed by atoms with Crippen LogP contribution >= 0.6 is 11.8 Å². The fraction of sp³-hybridized carbons (Fsp3) is 0.250. The van der Waals surface area contributed by atoms with E-state index in [1.807, 2.05) is 85.8 Å². The van der Waals surface area contributed by atoms with Crippen molar-refractivity contribution in [3.8, 4) is 0 Å². The predicted octanol–water partition coefficient (Wildman–Crippen LogP) is 7.62. The smallest absolute Gasteiger partial charge is 0.211 e. The van der Waals surface area contributed by atoms with Crippen molar-refractivity contribution >= 4 is 21.8 Å². The lowest BCUT2D eigenvalue weighted by atomic mass is 9.94. The van der Waals surface area contributed by atoms with Crippen LogP contribution in [0.2, 0.25) is 0 Å². The highest BCUT2D eigenvalue weighted by Gasteiger charge is 2.33. The van der Waals surface area contributed by atoms with E-state index in [-0.39, 0.29) is 4.90 Å². The minimum Gasteiger partial charge on any atom is -0.211 e. The maximum atomic E-state index is 13.5. The number of benzene rings is 4. The molecule has 0 bridgehead atoms. The third kappa shape index (κ3) is 7.78. The molecule has 0 aliphatic rings. The van der Waals surface area contributed by atoms with Crippen LogP contribution in [-0.2, 0) is 16.4 Å². The lowest BCUT2D eigenvalue weighted by molar-refractivity contribution is 0.282. The molecule has 4 nitrogen and oxygen atoms in total. The van der Waals surface area contributed by atoms with Gasteiger partial charge in [-0.3, -0.25) is 0 Å². The van der Waals surface area contributed by atoms with Crippen molar-refractivity contribution in [2.75, 3.05) is 6.54 Å². The Bertz CT molecular complexity index is 1350. The van der Waals surface area contributed by atoms with Crippen LogP contribution in [0.5, 0.6) is 0 Å². The standard InChI is InChI=1S/C32H35ClN2O2S/c1-26-21-23-30(24-22-26)38(36,37)34-31(28-17-9-3-10-18-28)32(29-19-11-4-12-20-29)35(33)25-13-5-8-16-27-14-6-2-7-15-27/h2-4,6-7,9-12,14-15,17-24,31-32,34H,5,8,13,16,25H2,1H3. The Morgan fingerprint density at radius 2 is 1.26 bits per heavy atom. The first kappa shape index (κ1) is 28.1. The largest absolute Gasteiger partial charge is 0.241 e. The normalized spacial score (nSPS) is 13.3. The van der Waals surface area contributed by atoms with Crippen LogP contribution in [0.1, 0.15) is 53.6 Å². The summed E-state index contributed by atoms with van der Waals surface area (Å²) in [7, 11) is -3.81. The van der Waals surface area contributed by atoms with Gasteiger partial charge in [-0.15, -0.1) is 0 Å². The Morgan fingerprint density at radius 1 is 0.711 bits per heavy atom. The lowest BCUT2D eigenvalue weighted by Gasteiger charge is -2.34. The number of halogens is 1. The summed E-state index contributed by atoms with van der Waals surface area (Å²) >= 11 is 7.02. The van der Waals surface area contributed by atoms with E-state index in [0.717, 1.165) is 42.4 Å². The van der Waals surface area contributed by atoms with Gasteiger partial charge in [0.2, 0.25) is 10.0 Å². The fourth-order valence-corrected chi connectivity index (χ4v) is 6.22. The Labute approximate surface area is 232 Å². The van der Waals surface area contributed by atoms with Gasteiger partial charge in [0.1, 0.15) is 0 Å². The molecular weight excluding hydrogens is 512 g/mol. The van der Waals surface area contributed by atoms with Crippen LogP contribution in [0, 0.1) is 6.92 Å². The predicted molar refractivity (Wildman–Crippen MR) is 156 cm³/mol. The lowest BCUT2D eigenvalue weighted by Crippen LogP contribution is -2.38. The number of aryl methyl sites for hydroxylation is 2. The van der Waals surface area contributed by atoms with Crippen LogP contribution in [0.15, 0.2) is 120 Å². The molecule has 0 aliphatic carbocycles. The topological polar surface area (TPSA) is 49.4 Å². The van der Waals surface area contributed by atoms with Crippen molar-refractivity contribution < 1.29 is 8.42 Å². The summed E-state index contributed by atoms with van der Waals surface area (Å²) in [6.07, 6.45) is 4.05. The molecule has 0 fully saturated rings. The number of nitrogens with one attached hydrogen (secondary N) is 1. The van der Waals surface area contributed by atoms with Gasteiger partial charge >= 0.3 is 0 Å². The Balaban J connectivity index is 1.56. The third-order valence-corrected chi connectivity index (χ3v) is 8.55. The molecule has 0 amide bonds. The number of rotatable bonds is 13. The molecule has 2 unspecified atom stereocenters. The number of hydrogen-bond acceptors (Lipinski definition) is 3. The molecule has 0 saturated carbocycles. The zero-order valence-electron chi connectivity index (χ0n) is 21.7. The maximum absolute atomic E-state index is 13.5. The van der Waals surface area contributed by atoms with Gasteiger partial charge in [0.15, 0.2) is 0 Å². The molecule has 0 heterocycles. The van der Waals surface area contributed by atoms with Crippen molar-refractivity contribution in [3.63, 3.8) is 0 Å². The van der Waals surface area contributed by atoms with Crippen LogP contribution in [0.3, 0.4) is 0 Å². The average Bonchev–Trinajstić information content (AvgIpc) is 2.94. The van der Waals surface area contributed by atoms with E-state index in [1.54, 1.807) is 16.6 Å². The number of sulfonamides is 1. The summed E-state index contributed by atoms with van der Waals surface area (Å²) in [5.41, 5.74) is 4.15. The van der Waals surface area contributed by atoms with Crippen molar-refractivity contribution in [1.82, 2.24) is 9.14 Å². The molecule has 4 aromatic carbocycles. The van der Waals surface area contributed by atoms with Crippen molar-refractivity contribution in [3.05, 3.63) is 138 Å². The Morgan fingerprint density at radius 3 is 1.87 bits per heavy atom. The van der Waals surface area contributed by atoms with Crippen LogP contribution in [0.4, 0.5) is 0 Å². The molecule has 0 spiro atoms. The zero-order chi connectivity index (χ0) is 26.8. The second kappa shape index (κ2) is 13.7. The van der Waals surface area contributed by atoms with Crippen molar-refractivity contribution in [2.45, 2.75) is 49.6 Å². The number of unbranched alkanes of at least 4 members (excludes halogenated alkanes) is 2. The average molecular weight is 547 g/mol. The van der Waals surface area contributed by atoms with E-state index in [9.17, 15) is 8.42 Å². The highest BCUT2D eigenvalue weighted by Crippen LogP contribution is 2.37. The minimum atomic E-state index is -3.81. The molecule has 0 saturated heterocycles. The van der Waals surface area contributed by atoms with E-state index in [0.29, 0.717) is 6.54 Å². The fourth-order valence-electron chi connectivity index (χ4n) is 4.65. The van der Waals surface area contributed by atoms with Gasteiger partial charge in [-0.25, -0.2) is 17.6 Å². The molecule has 198 valence electrons. The molecular formula is C32H35ClN2O2S. The van der Waals surface area contributed by atoms with Crippen LogP contribution in [-0.4, -0.2) is 19.4 Å². The first-order chi connectivity index (χ1) is 18.4. The molecule has 2 atom stereocenters. The summed E-state index contributed by atoms with van der Waals surface area (Å²) in [5.74, 6) is 0. The minimum absolute atomic E-state index is 0.234. The first-order valence-corrected chi connectivity index (χ1v) is 14.9. The molecule has 4 aromatic rings. The van der Waals surface area contributed by atoms with E-state index in [4.69, 9.17) is 11.8 Å². The van der Waals surface area contributed by atoms with Crippen LogP contribution < -0.4 is 4.72 Å². The molecule has 0 radical (unpaired) electrons. The maximum Gasteiger partial charge on any atom is 0.241 e. The first-order valence-electron chi connectivity index (χ1n) is 13.1. The van der Waals surface area contributed by atoms with Gasteiger partial charge in [-0.05, 0) is 66.8 Å². The molecule has 1 N–H and O–H groups in total. The molecule has 0 aromatic heterocycles. The monoisotopic (exact) mass is 546 g/mol. The molecule has 38 heavy (non-hydrogen) atoms. The van der Waals surface area contributed by atoms with Gasteiger partial charge < -0.3 is 0 Å². The van der Waals surface area contributed by atoms with E-state index in [2.05, 4.69) is 29.0 Å². The molecule has 6 heteroatoms. The zero-order valence-corrected chi connectivity index (χ0v) is 23.3. The van der Waals surface area contributed by atoms with Gasteiger partial charge in [-0.1, -0.05) is 115 Å². The van der Waals surface area contributed by atoms with Gasteiger partial charge in [0, 0.05) is 6.54 Å². The van der Waals surface area contributed by atoms with Crippen molar-refractivity contribution in [2.24, 2.45) is 0 Å². The van der Waals surface area contributed by atoms with E-state index < -0.39 is 22.1 Å². The SMILES string of the molecule is Cc1ccc(S(=O)(=O)NC(c2ccccc2)C(c2ccccc2)N(Cl)CCCCCc2ccccc2)cc1. The summed E-state index contributed by atoms with van der Waals surface area (Å²) in [4.78, 5) is 0.234. The summed E-state index contributed by atoms with van der Waals surface area (Å²) in [6.45, 7) is 2.57. The van der Waals surface area contributed by atoms with Gasteiger partial charge in [-0.2, -0.15) is 0 Å². The second-order valence-corrected chi connectivity index (χ2v) is 11.7. The molecule has 4 rings (SSSR count). The number of nitrogens with zero attached hydrogens (tertiary/aromatic N) is 1. The summed E-state index contributed by atoms with van der Waals surface area (Å²) in [5, 5.41) is 0. The van der Waals surface area contributed by atoms with Crippen molar-refractivity contribution in [1.29, 1.82) is 0 Å². The number of hydrogen-bond donors (Lipinski definition) is 1. The third-order valence-electron chi connectivity index (χ3n) is 6.71. The summed E-state index contributed by atoms with van der Waals surface area (Å²) < 4.78 is 31.9. The van der Waals surface area contributed by atoms with E-state index >= 15 is 0 Å². The van der Waals surface area contributed by atoms with Gasteiger partial charge in [0.05, 0.1) is 17.0 Å². The van der Waals surface area contributed by atoms with Crippen LogP contribution in [0.25, 0.3) is 0 Å². The highest BCUT2D eigenvalue weighted by atomic mass is 35.5. The Hall–Kier alpha value is -2.96. The Kier molecular flexibility index (Phi) is 10.1. The van der Waals surface area contributed by atoms with E-state index in [1.165, 1.54) is 5.56 Å².